The van der Waals surface area contributed by atoms with E-state index in [0.717, 1.165) is 11.3 Å². The topological polar surface area (TPSA) is 29.3 Å². The second kappa shape index (κ2) is 3.41. The van der Waals surface area contributed by atoms with Crippen molar-refractivity contribution in [3.8, 4) is 0 Å². The van der Waals surface area contributed by atoms with Crippen LogP contribution in [0.5, 0.6) is 0 Å². The lowest BCUT2D eigenvalue weighted by Gasteiger charge is -2.15. The fourth-order valence-corrected chi connectivity index (χ4v) is 1.19. The summed E-state index contributed by atoms with van der Waals surface area (Å²) in [6.45, 7) is 7.70. The van der Waals surface area contributed by atoms with E-state index in [0.29, 0.717) is 0 Å². The van der Waals surface area contributed by atoms with E-state index < -0.39 is 0 Å². The lowest BCUT2D eigenvalue weighted by molar-refractivity contribution is 1.07. The molecule has 0 aliphatic rings. The van der Waals surface area contributed by atoms with Crippen LogP contribution in [0.15, 0.2) is 31.0 Å². The molecule has 0 aromatic heterocycles. The van der Waals surface area contributed by atoms with Gasteiger partial charge in [0.25, 0.3) is 0 Å². The number of hydrogen-bond acceptors (Lipinski definition) is 2. The Kier molecular flexibility index (Phi) is 2.51. The summed E-state index contributed by atoms with van der Waals surface area (Å²) in [5.41, 5.74) is 3.40. The van der Waals surface area contributed by atoms with Gasteiger partial charge in [-0.3, -0.25) is 5.01 Å². The number of nitrogens with two attached hydrogens (primary N) is 1. The number of rotatable bonds is 2. The quantitative estimate of drug-likeness (QED) is 0.533. The first-order valence-corrected chi connectivity index (χ1v) is 3.89. The van der Waals surface area contributed by atoms with Gasteiger partial charge in [-0.15, -0.1) is 0 Å². The molecule has 12 heavy (non-hydrogen) atoms. The Morgan fingerprint density at radius 3 is 2.58 bits per heavy atom. The van der Waals surface area contributed by atoms with Crippen LogP contribution in [0.3, 0.4) is 0 Å². The van der Waals surface area contributed by atoms with Crippen molar-refractivity contribution < 1.29 is 0 Å². The molecule has 0 aliphatic heterocycles. The second-order valence-electron chi connectivity index (χ2n) is 2.88. The van der Waals surface area contributed by atoms with Crippen LogP contribution in [0, 0.1) is 13.8 Å². The van der Waals surface area contributed by atoms with Crippen molar-refractivity contribution in [2.45, 2.75) is 13.8 Å². The number of aryl methyl sites for hydroxylation is 2. The van der Waals surface area contributed by atoms with E-state index in [2.05, 4.69) is 19.6 Å². The molecule has 0 heterocycles. The van der Waals surface area contributed by atoms with Gasteiger partial charge in [0.15, 0.2) is 0 Å². The summed E-state index contributed by atoms with van der Waals surface area (Å²) < 4.78 is 0. The van der Waals surface area contributed by atoms with Crippen molar-refractivity contribution in [3.63, 3.8) is 0 Å². The van der Waals surface area contributed by atoms with Crippen molar-refractivity contribution in [2.24, 2.45) is 5.84 Å². The average Bonchev–Trinajstić information content (AvgIpc) is 2.03. The van der Waals surface area contributed by atoms with Crippen LogP contribution >= 0.6 is 0 Å². The highest BCUT2D eigenvalue weighted by Crippen LogP contribution is 2.18. The highest BCUT2D eigenvalue weighted by Gasteiger charge is 2.00. The molecular weight excluding hydrogens is 148 g/mol. The molecule has 0 saturated heterocycles. The zero-order valence-electron chi connectivity index (χ0n) is 7.54. The zero-order valence-corrected chi connectivity index (χ0v) is 7.54. The maximum absolute atomic E-state index is 5.66. The smallest absolute Gasteiger partial charge is 0.0597 e. The molecule has 0 atom stereocenters. The monoisotopic (exact) mass is 162 g/mol. The van der Waals surface area contributed by atoms with E-state index in [1.807, 2.05) is 19.1 Å². The van der Waals surface area contributed by atoms with Gasteiger partial charge in [0.2, 0.25) is 0 Å². The minimum atomic E-state index is 0.996. The van der Waals surface area contributed by atoms with E-state index in [1.165, 1.54) is 10.6 Å². The molecule has 1 aromatic rings. The predicted octanol–water partition coefficient (Wildman–Crippen LogP) is 2.13. The summed E-state index contributed by atoms with van der Waals surface area (Å²) in [4.78, 5) is 0. The number of nitrogens with zero attached hydrogens (tertiary/aromatic N) is 1. The molecule has 0 bridgehead atoms. The van der Waals surface area contributed by atoms with Crippen molar-refractivity contribution in [3.05, 3.63) is 42.1 Å². The Bertz CT molecular complexity index is 292. The van der Waals surface area contributed by atoms with Gasteiger partial charge in [-0.25, -0.2) is 5.84 Å². The molecule has 0 saturated carbocycles. The standard InChI is InChI=1S/C10H14N2/c1-4-12(11)10-6-5-8(2)7-9(10)3/h4-7H,1,11H2,2-3H3. The Hall–Kier alpha value is -1.28. The Morgan fingerprint density at radius 2 is 2.08 bits per heavy atom. The molecule has 0 unspecified atom stereocenters. The van der Waals surface area contributed by atoms with Gasteiger partial charge in [0.05, 0.1) is 5.69 Å². The molecule has 0 radical (unpaired) electrons. The van der Waals surface area contributed by atoms with Gasteiger partial charge in [0, 0.05) is 6.20 Å². The van der Waals surface area contributed by atoms with E-state index in [-0.39, 0.29) is 0 Å². The summed E-state index contributed by atoms with van der Waals surface area (Å²) in [5.74, 6) is 5.66. The van der Waals surface area contributed by atoms with Crippen LogP contribution in [0.4, 0.5) is 5.69 Å². The third-order valence-electron chi connectivity index (χ3n) is 1.83. The van der Waals surface area contributed by atoms with Crippen molar-refractivity contribution in [1.29, 1.82) is 0 Å². The Morgan fingerprint density at radius 1 is 1.42 bits per heavy atom. The van der Waals surface area contributed by atoms with E-state index in [1.54, 1.807) is 6.20 Å². The summed E-state index contributed by atoms with van der Waals surface area (Å²) in [6.07, 6.45) is 1.59. The normalized spacial score (nSPS) is 9.58. The molecule has 2 N–H and O–H groups in total. The molecular formula is C10H14N2. The van der Waals surface area contributed by atoms with Gasteiger partial charge in [-0.05, 0) is 25.5 Å². The maximum atomic E-state index is 5.66. The van der Waals surface area contributed by atoms with E-state index in [4.69, 9.17) is 5.84 Å². The van der Waals surface area contributed by atoms with Gasteiger partial charge in [-0.1, -0.05) is 24.3 Å². The van der Waals surface area contributed by atoms with Gasteiger partial charge < -0.3 is 0 Å². The maximum Gasteiger partial charge on any atom is 0.0597 e. The minimum absolute atomic E-state index is 0.996. The van der Waals surface area contributed by atoms with Crippen molar-refractivity contribution in [1.82, 2.24) is 0 Å². The molecule has 1 aromatic carbocycles. The largest absolute Gasteiger partial charge is 0.287 e. The van der Waals surface area contributed by atoms with Crippen LogP contribution in [-0.2, 0) is 0 Å². The van der Waals surface area contributed by atoms with Crippen LogP contribution in [0.2, 0.25) is 0 Å². The lowest BCUT2D eigenvalue weighted by atomic mass is 10.1. The number of anilines is 1. The van der Waals surface area contributed by atoms with Crippen LogP contribution in [0.1, 0.15) is 11.1 Å². The third kappa shape index (κ3) is 1.66. The van der Waals surface area contributed by atoms with Gasteiger partial charge >= 0.3 is 0 Å². The van der Waals surface area contributed by atoms with Crippen LogP contribution < -0.4 is 10.9 Å². The fraction of sp³-hybridized carbons (Fsp3) is 0.200. The van der Waals surface area contributed by atoms with Crippen molar-refractivity contribution in [2.75, 3.05) is 5.01 Å². The fourth-order valence-electron chi connectivity index (χ4n) is 1.19. The Labute approximate surface area is 73.3 Å². The molecule has 64 valence electrons. The number of hydrazine groups is 1. The minimum Gasteiger partial charge on any atom is -0.287 e. The van der Waals surface area contributed by atoms with E-state index in [9.17, 15) is 0 Å². The van der Waals surface area contributed by atoms with Crippen LogP contribution in [-0.4, -0.2) is 0 Å². The summed E-state index contributed by atoms with van der Waals surface area (Å²) in [5, 5.41) is 1.52. The highest BCUT2D eigenvalue weighted by atomic mass is 15.4. The first-order chi connectivity index (χ1) is 5.65. The predicted molar refractivity (Wildman–Crippen MR) is 52.8 cm³/mol. The van der Waals surface area contributed by atoms with E-state index >= 15 is 0 Å². The summed E-state index contributed by atoms with van der Waals surface area (Å²) >= 11 is 0. The zero-order chi connectivity index (χ0) is 9.14. The summed E-state index contributed by atoms with van der Waals surface area (Å²) in [6, 6.07) is 6.12. The second-order valence-corrected chi connectivity index (χ2v) is 2.88. The number of hydrogen-bond donors (Lipinski definition) is 1. The first kappa shape index (κ1) is 8.81. The Balaban J connectivity index is 3.09. The molecule has 2 nitrogen and oxygen atoms in total. The first-order valence-electron chi connectivity index (χ1n) is 3.89. The molecule has 0 fully saturated rings. The molecule has 2 heteroatoms. The van der Waals surface area contributed by atoms with Crippen molar-refractivity contribution >= 4 is 5.69 Å². The summed E-state index contributed by atoms with van der Waals surface area (Å²) in [7, 11) is 0. The molecule has 0 spiro atoms. The molecule has 0 amide bonds. The average molecular weight is 162 g/mol. The lowest BCUT2D eigenvalue weighted by Crippen LogP contribution is -2.24. The number of benzene rings is 1. The highest BCUT2D eigenvalue weighted by molar-refractivity contribution is 5.54. The molecule has 0 aliphatic carbocycles. The van der Waals surface area contributed by atoms with Gasteiger partial charge in [-0.2, -0.15) is 0 Å². The SMILES string of the molecule is C=CN(N)c1ccc(C)cc1C. The van der Waals surface area contributed by atoms with Crippen LogP contribution in [0.25, 0.3) is 0 Å². The van der Waals surface area contributed by atoms with Gasteiger partial charge in [0.1, 0.15) is 0 Å². The molecule has 1 rings (SSSR count). The third-order valence-corrected chi connectivity index (χ3v) is 1.83.